The minimum atomic E-state index is -0.133. The standard InChI is InChI=1S/C30H30N4O3/c35-30(25-12-16-31-17-13-25)33-21-24-8-11-29(32-20-24)37-28-14-18-34(19-15-28)22-23-6-9-27(10-7-23)36-26-4-2-1-3-5-26/h1-13,16-17,20,28H,14-15,18-19,21-22H2,(H,33,35). The van der Waals surface area contributed by atoms with E-state index in [0.29, 0.717) is 18.0 Å². The van der Waals surface area contributed by atoms with Crippen molar-refractivity contribution in [3.05, 3.63) is 114 Å². The average Bonchev–Trinajstić information content (AvgIpc) is 2.96. The van der Waals surface area contributed by atoms with Crippen molar-refractivity contribution in [1.82, 2.24) is 20.2 Å². The molecule has 188 valence electrons. The molecular weight excluding hydrogens is 464 g/mol. The lowest BCUT2D eigenvalue weighted by molar-refractivity contribution is 0.0932. The van der Waals surface area contributed by atoms with Crippen molar-refractivity contribution in [2.24, 2.45) is 0 Å². The summed E-state index contributed by atoms with van der Waals surface area (Å²) in [5.74, 6) is 2.17. The maximum atomic E-state index is 12.2. The van der Waals surface area contributed by atoms with Gasteiger partial charge in [0.25, 0.3) is 5.91 Å². The zero-order valence-corrected chi connectivity index (χ0v) is 20.6. The SMILES string of the molecule is O=C(NCc1ccc(OC2CCN(Cc3ccc(Oc4ccccc4)cc3)CC2)nc1)c1ccncc1. The molecule has 1 saturated heterocycles. The van der Waals surface area contributed by atoms with Crippen molar-refractivity contribution in [3.8, 4) is 17.4 Å². The maximum Gasteiger partial charge on any atom is 0.251 e. The molecule has 0 spiro atoms. The van der Waals surface area contributed by atoms with Crippen LogP contribution in [0.25, 0.3) is 0 Å². The Balaban J connectivity index is 1.03. The molecule has 0 atom stereocenters. The second kappa shape index (κ2) is 12.1. The number of para-hydroxylation sites is 1. The van der Waals surface area contributed by atoms with Crippen molar-refractivity contribution in [3.63, 3.8) is 0 Å². The van der Waals surface area contributed by atoms with E-state index < -0.39 is 0 Å². The fraction of sp³-hybridized carbons (Fsp3) is 0.233. The van der Waals surface area contributed by atoms with E-state index in [1.807, 2.05) is 54.6 Å². The van der Waals surface area contributed by atoms with Crippen LogP contribution >= 0.6 is 0 Å². The summed E-state index contributed by atoms with van der Waals surface area (Å²) in [5, 5.41) is 2.89. The first kappa shape index (κ1) is 24.5. The Bertz CT molecular complexity index is 1260. The molecule has 2 aromatic carbocycles. The zero-order chi connectivity index (χ0) is 25.3. The molecule has 5 rings (SSSR count). The summed E-state index contributed by atoms with van der Waals surface area (Å²) < 4.78 is 12.0. The molecule has 1 amide bonds. The van der Waals surface area contributed by atoms with Gasteiger partial charge in [0.05, 0.1) is 0 Å². The van der Waals surface area contributed by atoms with Crippen LogP contribution in [-0.2, 0) is 13.1 Å². The number of hydrogen-bond donors (Lipinski definition) is 1. The number of benzene rings is 2. The van der Waals surface area contributed by atoms with Crippen molar-refractivity contribution in [1.29, 1.82) is 0 Å². The van der Waals surface area contributed by atoms with Gasteiger partial charge in [-0.1, -0.05) is 36.4 Å². The molecule has 37 heavy (non-hydrogen) atoms. The van der Waals surface area contributed by atoms with Crippen LogP contribution in [0.4, 0.5) is 0 Å². The van der Waals surface area contributed by atoms with E-state index in [0.717, 1.165) is 49.5 Å². The Morgan fingerprint density at radius 3 is 2.27 bits per heavy atom. The van der Waals surface area contributed by atoms with Gasteiger partial charge >= 0.3 is 0 Å². The summed E-state index contributed by atoms with van der Waals surface area (Å²) in [5.41, 5.74) is 2.78. The molecule has 1 N–H and O–H groups in total. The largest absolute Gasteiger partial charge is 0.474 e. The van der Waals surface area contributed by atoms with Gasteiger partial charge < -0.3 is 14.8 Å². The number of amides is 1. The summed E-state index contributed by atoms with van der Waals surface area (Å²) in [4.78, 5) is 23.0. The summed E-state index contributed by atoms with van der Waals surface area (Å²) in [7, 11) is 0. The first-order chi connectivity index (χ1) is 18.2. The molecule has 0 unspecified atom stereocenters. The molecule has 1 aliphatic rings. The van der Waals surface area contributed by atoms with E-state index in [9.17, 15) is 4.79 Å². The van der Waals surface area contributed by atoms with E-state index >= 15 is 0 Å². The minimum absolute atomic E-state index is 0.133. The Morgan fingerprint density at radius 1 is 0.865 bits per heavy atom. The highest BCUT2D eigenvalue weighted by atomic mass is 16.5. The Hall–Kier alpha value is -4.23. The van der Waals surface area contributed by atoms with Gasteiger partial charge in [0.2, 0.25) is 5.88 Å². The van der Waals surface area contributed by atoms with Gasteiger partial charge in [-0.05, 0) is 60.4 Å². The third-order valence-electron chi connectivity index (χ3n) is 6.32. The van der Waals surface area contributed by atoms with Crippen molar-refractivity contribution in [2.45, 2.75) is 32.0 Å². The van der Waals surface area contributed by atoms with E-state index in [1.165, 1.54) is 5.56 Å². The van der Waals surface area contributed by atoms with Crippen LogP contribution in [-0.4, -0.2) is 40.0 Å². The molecule has 0 saturated carbocycles. The average molecular weight is 495 g/mol. The zero-order valence-electron chi connectivity index (χ0n) is 20.6. The van der Waals surface area contributed by atoms with Gasteiger partial charge in [-0.15, -0.1) is 0 Å². The molecule has 7 nitrogen and oxygen atoms in total. The van der Waals surface area contributed by atoms with E-state index in [4.69, 9.17) is 9.47 Å². The minimum Gasteiger partial charge on any atom is -0.474 e. The van der Waals surface area contributed by atoms with Crippen molar-refractivity contribution < 1.29 is 14.3 Å². The molecular formula is C30H30N4O3. The summed E-state index contributed by atoms with van der Waals surface area (Å²) in [6.45, 7) is 3.28. The monoisotopic (exact) mass is 494 g/mol. The molecule has 7 heteroatoms. The number of likely N-dealkylation sites (tertiary alicyclic amines) is 1. The summed E-state index contributed by atoms with van der Waals surface area (Å²) in [6.07, 6.45) is 7.03. The quantitative estimate of drug-likeness (QED) is 0.343. The number of piperidine rings is 1. The second-order valence-corrected chi connectivity index (χ2v) is 9.08. The Labute approximate surface area is 217 Å². The lowest BCUT2D eigenvalue weighted by atomic mass is 10.1. The van der Waals surface area contributed by atoms with Gasteiger partial charge in [-0.2, -0.15) is 0 Å². The fourth-order valence-corrected chi connectivity index (χ4v) is 4.27. The fourth-order valence-electron chi connectivity index (χ4n) is 4.27. The molecule has 3 heterocycles. The predicted molar refractivity (Wildman–Crippen MR) is 142 cm³/mol. The lowest BCUT2D eigenvalue weighted by Gasteiger charge is -2.31. The molecule has 1 fully saturated rings. The maximum absolute atomic E-state index is 12.2. The number of nitrogens with zero attached hydrogens (tertiary/aromatic N) is 3. The van der Waals surface area contributed by atoms with Gasteiger partial charge in [0.15, 0.2) is 0 Å². The van der Waals surface area contributed by atoms with Gasteiger partial charge in [-0.25, -0.2) is 4.98 Å². The highest BCUT2D eigenvalue weighted by molar-refractivity contribution is 5.93. The van der Waals surface area contributed by atoms with Crippen LogP contribution in [0.3, 0.4) is 0 Å². The first-order valence-corrected chi connectivity index (χ1v) is 12.6. The second-order valence-electron chi connectivity index (χ2n) is 9.08. The molecule has 1 aliphatic heterocycles. The number of hydrogen-bond acceptors (Lipinski definition) is 6. The van der Waals surface area contributed by atoms with Crippen LogP contribution in [0.1, 0.15) is 34.3 Å². The van der Waals surface area contributed by atoms with Crippen LogP contribution in [0, 0.1) is 0 Å². The molecule has 0 aliphatic carbocycles. The van der Waals surface area contributed by atoms with Crippen LogP contribution in [0.15, 0.2) is 97.5 Å². The van der Waals surface area contributed by atoms with Crippen LogP contribution in [0.5, 0.6) is 17.4 Å². The summed E-state index contributed by atoms with van der Waals surface area (Å²) >= 11 is 0. The number of carbonyl (C=O) groups is 1. The first-order valence-electron chi connectivity index (χ1n) is 12.6. The molecule has 4 aromatic rings. The van der Waals surface area contributed by atoms with Gasteiger partial charge in [0, 0.05) is 56.4 Å². The number of rotatable bonds is 9. The molecule has 2 aromatic heterocycles. The normalized spacial score (nSPS) is 14.2. The number of nitrogens with one attached hydrogen (secondary N) is 1. The number of ether oxygens (including phenoxy) is 2. The van der Waals surface area contributed by atoms with E-state index in [2.05, 4.69) is 32.3 Å². The summed E-state index contributed by atoms with van der Waals surface area (Å²) in [6, 6.07) is 25.3. The number of aromatic nitrogens is 2. The number of pyridine rings is 2. The predicted octanol–water partition coefficient (Wildman–Crippen LogP) is 5.24. The third kappa shape index (κ3) is 7.15. The molecule has 0 radical (unpaired) electrons. The highest BCUT2D eigenvalue weighted by Gasteiger charge is 2.21. The molecule has 0 bridgehead atoms. The number of carbonyl (C=O) groups excluding carboxylic acids is 1. The Morgan fingerprint density at radius 2 is 1.57 bits per heavy atom. The van der Waals surface area contributed by atoms with Crippen molar-refractivity contribution >= 4 is 5.91 Å². The van der Waals surface area contributed by atoms with Crippen LogP contribution < -0.4 is 14.8 Å². The van der Waals surface area contributed by atoms with Crippen LogP contribution in [0.2, 0.25) is 0 Å². The lowest BCUT2D eigenvalue weighted by Crippen LogP contribution is -2.37. The van der Waals surface area contributed by atoms with E-state index in [-0.39, 0.29) is 12.0 Å². The van der Waals surface area contributed by atoms with Crippen molar-refractivity contribution in [2.75, 3.05) is 13.1 Å². The smallest absolute Gasteiger partial charge is 0.251 e. The van der Waals surface area contributed by atoms with Gasteiger partial charge in [-0.3, -0.25) is 14.7 Å². The third-order valence-corrected chi connectivity index (χ3v) is 6.32. The topological polar surface area (TPSA) is 76.6 Å². The van der Waals surface area contributed by atoms with Gasteiger partial charge in [0.1, 0.15) is 17.6 Å². The highest BCUT2D eigenvalue weighted by Crippen LogP contribution is 2.23. The Kier molecular flexibility index (Phi) is 8.03. The van der Waals surface area contributed by atoms with E-state index in [1.54, 1.807) is 30.7 Å².